The number of nitrogens with zero attached hydrogens (tertiary/aromatic N) is 2. The molecule has 0 unspecified atom stereocenters. The lowest BCUT2D eigenvalue weighted by atomic mass is 10.1. The average molecular weight is 518 g/mol. The summed E-state index contributed by atoms with van der Waals surface area (Å²) in [5, 5.41) is 6.21. The molecule has 0 spiro atoms. The fourth-order valence-electron chi connectivity index (χ4n) is 2.47. The summed E-state index contributed by atoms with van der Waals surface area (Å²) in [4.78, 5) is 17.6. The van der Waals surface area contributed by atoms with E-state index >= 15 is 0 Å². The Morgan fingerprint density at radius 3 is 2.28 bits per heavy atom. The fourth-order valence-corrected chi connectivity index (χ4v) is 2.47. The van der Waals surface area contributed by atoms with Crippen molar-refractivity contribution in [1.82, 2.24) is 15.5 Å². The molecule has 0 saturated heterocycles. The first kappa shape index (κ1) is 24.6. The average Bonchev–Trinajstić information content (AvgIpc) is 2.68. The second kappa shape index (κ2) is 12.2. The number of para-hydroxylation sites is 1. The van der Waals surface area contributed by atoms with Gasteiger partial charge in [-0.25, -0.2) is 0 Å². The molecule has 2 aromatic rings. The maximum atomic E-state index is 12.5. The molecule has 2 N–H and O–H groups in total. The van der Waals surface area contributed by atoms with Crippen molar-refractivity contribution in [3.8, 4) is 5.75 Å². The largest absolute Gasteiger partial charge is 0.434 e. The molecule has 0 bridgehead atoms. The Balaban J connectivity index is 0.00000420. The van der Waals surface area contributed by atoms with Crippen LogP contribution < -0.4 is 15.4 Å². The van der Waals surface area contributed by atoms with Gasteiger partial charge in [0.05, 0.1) is 0 Å². The van der Waals surface area contributed by atoms with Crippen molar-refractivity contribution < 1.29 is 18.3 Å². The molecule has 9 heteroatoms. The number of hydrogen-bond donors (Lipinski definition) is 2. The van der Waals surface area contributed by atoms with E-state index in [1.54, 1.807) is 51.5 Å². The Morgan fingerprint density at radius 1 is 1.07 bits per heavy atom. The predicted octanol–water partition coefficient (Wildman–Crippen LogP) is 3.47. The molecule has 0 saturated carbocycles. The van der Waals surface area contributed by atoms with Gasteiger partial charge in [0.1, 0.15) is 5.75 Å². The van der Waals surface area contributed by atoms with E-state index in [-0.39, 0.29) is 42.2 Å². The van der Waals surface area contributed by atoms with Crippen LogP contribution in [0.4, 0.5) is 8.78 Å². The van der Waals surface area contributed by atoms with Crippen molar-refractivity contribution in [2.24, 2.45) is 4.99 Å². The van der Waals surface area contributed by atoms with Crippen molar-refractivity contribution in [2.45, 2.75) is 19.7 Å². The van der Waals surface area contributed by atoms with Crippen LogP contribution in [0.1, 0.15) is 21.5 Å². The maximum absolute atomic E-state index is 12.5. The fraction of sp³-hybridized carbons (Fsp3) is 0.300. The Hall–Kier alpha value is -2.43. The molecular formula is C20H25F2IN4O2. The number of ether oxygens (including phenoxy) is 1. The number of carbonyl (C=O) groups is 1. The highest BCUT2D eigenvalue weighted by Crippen LogP contribution is 2.19. The van der Waals surface area contributed by atoms with Gasteiger partial charge in [0.25, 0.3) is 5.91 Å². The first-order valence-corrected chi connectivity index (χ1v) is 8.68. The molecule has 0 aliphatic heterocycles. The number of carbonyl (C=O) groups excluding carboxylic acids is 1. The molecule has 2 aromatic carbocycles. The third kappa shape index (κ3) is 7.84. The number of guanidine groups is 1. The minimum atomic E-state index is -2.87. The Morgan fingerprint density at radius 2 is 1.69 bits per heavy atom. The third-order valence-corrected chi connectivity index (χ3v) is 3.93. The van der Waals surface area contributed by atoms with Crippen LogP contribution >= 0.6 is 24.0 Å². The lowest BCUT2D eigenvalue weighted by Gasteiger charge is -2.15. The maximum Gasteiger partial charge on any atom is 0.387 e. The SMILES string of the molecule is CN=C(NCc1ccc(C(=O)N(C)C)cc1)NCc1ccccc1OC(F)F.I. The highest BCUT2D eigenvalue weighted by molar-refractivity contribution is 14.0. The van der Waals surface area contributed by atoms with E-state index in [1.165, 1.54) is 11.0 Å². The number of amides is 1. The summed E-state index contributed by atoms with van der Waals surface area (Å²) in [6.07, 6.45) is 0. The van der Waals surface area contributed by atoms with Gasteiger partial charge in [-0.05, 0) is 23.8 Å². The summed E-state index contributed by atoms with van der Waals surface area (Å²) in [6.45, 7) is -2.11. The zero-order chi connectivity index (χ0) is 20.5. The number of hydrogen-bond acceptors (Lipinski definition) is 3. The summed E-state index contributed by atoms with van der Waals surface area (Å²) in [5.41, 5.74) is 2.18. The van der Waals surface area contributed by atoms with Crippen molar-refractivity contribution in [1.29, 1.82) is 0 Å². The van der Waals surface area contributed by atoms with Crippen LogP contribution in [-0.2, 0) is 13.1 Å². The molecule has 0 aromatic heterocycles. The molecular weight excluding hydrogens is 493 g/mol. The van der Waals surface area contributed by atoms with E-state index in [4.69, 9.17) is 0 Å². The van der Waals surface area contributed by atoms with Crippen LogP contribution in [0.15, 0.2) is 53.5 Å². The standard InChI is InChI=1S/C20H24F2N4O2.HI/c1-23-20(25-13-16-6-4-5-7-17(16)28-19(21)22)24-12-14-8-10-15(11-9-14)18(27)26(2)3;/h4-11,19H,12-13H2,1-3H3,(H2,23,24,25);1H. The first-order valence-electron chi connectivity index (χ1n) is 8.68. The van der Waals surface area contributed by atoms with Crippen molar-refractivity contribution in [3.63, 3.8) is 0 Å². The minimum Gasteiger partial charge on any atom is -0.434 e. The second-order valence-corrected chi connectivity index (χ2v) is 6.16. The van der Waals surface area contributed by atoms with Crippen LogP contribution in [0.5, 0.6) is 5.75 Å². The highest BCUT2D eigenvalue weighted by atomic mass is 127. The van der Waals surface area contributed by atoms with Gasteiger partial charge in [0.15, 0.2) is 5.96 Å². The minimum absolute atomic E-state index is 0. The van der Waals surface area contributed by atoms with E-state index in [0.29, 0.717) is 23.6 Å². The summed E-state index contributed by atoms with van der Waals surface area (Å²) in [7, 11) is 5.03. The van der Waals surface area contributed by atoms with Crippen molar-refractivity contribution in [3.05, 3.63) is 65.2 Å². The quantitative estimate of drug-likeness (QED) is 0.335. The normalized spacial score (nSPS) is 10.9. The van der Waals surface area contributed by atoms with Gasteiger partial charge in [0.2, 0.25) is 0 Å². The van der Waals surface area contributed by atoms with E-state index in [1.807, 2.05) is 12.1 Å². The van der Waals surface area contributed by atoms with E-state index < -0.39 is 6.61 Å². The topological polar surface area (TPSA) is 66.0 Å². The molecule has 0 aliphatic rings. The van der Waals surface area contributed by atoms with Gasteiger partial charge in [-0.2, -0.15) is 8.78 Å². The number of nitrogens with one attached hydrogen (secondary N) is 2. The number of aliphatic imine (C=N–C) groups is 1. The van der Waals surface area contributed by atoms with Gasteiger partial charge in [-0.1, -0.05) is 30.3 Å². The smallest absolute Gasteiger partial charge is 0.387 e. The molecule has 2 rings (SSSR count). The molecule has 0 heterocycles. The van der Waals surface area contributed by atoms with Gasteiger partial charge in [0, 0.05) is 45.4 Å². The molecule has 0 atom stereocenters. The van der Waals surface area contributed by atoms with E-state index in [0.717, 1.165) is 5.56 Å². The van der Waals surface area contributed by atoms with Crippen LogP contribution in [0.2, 0.25) is 0 Å². The van der Waals surface area contributed by atoms with Gasteiger partial charge in [-0.15, -0.1) is 24.0 Å². The summed E-state index contributed by atoms with van der Waals surface area (Å²) >= 11 is 0. The lowest BCUT2D eigenvalue weighted by molar-refractivity contribution is -0.0504. The number of rotatable bonds is 7. The number of benzene rings is 2. The summed E-state index contributed by atoms with van der Waals surface area (Å²) in [6, 6.07) is 13.9. The monoisotopic (exact) mass is 518 g/mol. The van der Waals surface area contributed by atoms with Gasteiger partial charge in [-0.3, -0.25) is 9.79 Å². The first-order chi connectivity index (χ1) is 13.4. The Labute approximate surface area is 186 Å². The lowest BCUT2D eigenvalue weighted by Crippen LogP contribution is -2.36. The zero-order valence-corrected chi connectivity index (χ0v) is 18.8. The Bertz CT molecular complexity index is 814. The second-order valence-electron chi connectivity index (χ2n) is 6.16. The van der Waals surface area contributed by atoms with Crippen molar-refractivity contribution >= 4 is 35.8 Å². The zero-order valence-electron chi connectivity index (χ0n) is 16.5. The Kier molecular flexibility index (Phi) is 10.4. The third-order valence-electron chi connectivity index (χ3n) is 3.93. The molecule has 1 amide bonds. The number of alkyl halides is 2. The predicted molar refractivity (Wildman–Crippen MR) is 120 cm³/mol. The molecule has 6 nitrogen and oxygen atoms in total. The van der Waals surface area contributed by atoms with Crippen molar-refractivity contribution in [2.75, 3.05) is 21.1 Å². The van der Waals surface area contributed by atoms with Crippen LogP contribution in [0.3, 0.4) is 0 Å². The molecule has 0 radical (unpaired) electrons. The van der Waals surface area contributed by atoms with Crippen LogP contribution in [0.25, 0.3) is 0 Å². The summed E-state index contributed by atoms with van der Waals surface area (Å²) in [5.74, 6) is 0.587. The number of halogens is 3. The van der Waals surface area contributed by atoms with Gasteiger partial charge < -0.3 is 20.3 Å². The van der Waals surface area contributed by atoms with E-state index in [2.05, 4.69) is 20.4 Å². The van der Waals surface area contributed by atoms with Crippen LogP contribution in [-0.4, -0.2) is 44.5 Å². The van der Waals surface area contributed by atoms with E-state index in [9.17, 15) is 13.6 Å². The summed E-state index contributed by atoms with van der Waals surface area (Å²) < 4.78 is 29.5. The molecule has 0 aliphatic carbocycles. The molecule has 158 valence electrons. The van der Waals surface area contributed by atoms with Crippen LogP contribution in [0, 0.1) is 0 Å². The van der Waals surface area contributed by atoms with Gasteiger partial charge >= 0.3 is 6.61 Å². The molecule has 29 heavy (non-hydrogen) atoms. The molecule has 0 fully saturated rings. The highest BCUT2D eigenvalue weighted by Gasteiger charge is 2.10.